The molecule has 0 aromatic heterocycles. The van der Waals surface area contributed by atoms with Gasteiger partial charge in [0.1, 0.15) is 0 Å². The molecule has 0 radical (unpaired) electrons. The van der Waals surface area contributed by atoms with Crippen LogP contribution in [0.5, 0.6) is 0 Å². The number of hydrogen-bond acceptors (Lipinski definition) is 3. The van der Waals surface area contributed by atoms with Crippen molar-refractivity contribution in [1.29, 1.82) is 0 Å². The fraction of sp³-hybridized carbons (Fsp3) is 0.600. The van der Waals surface area contributed by atoms with E-state index in [1.165, 1.54) is 5.56 Å². The van der Waals surface area contributed by atoms with Gasteiger partial charge in [-0.3, -0.25) is 0 Å². The van der Waals surface area contributed by atoms with Gasteiger partial charge in [-0.15, -0.1) is 0 Å². The summed E-state index contributed by atoms with van der Waals surface area (Å²) in [6, 6.07) is 6.71. The minimum Gasteiger partial charge on any atom is -0.378 e. The number of ether oxygens (including phenoxy) is 1. The highest BCUT2D eigenvalue weighted by Gasteiger charge is 2.25. The highest BCUT2D eigenvalue weighted by molar-refractivity contribution is 6.42. The van der Waals surface area contributed by atoms with Crippen LogP contribution in [-0.2, 0) is 11.2 Å². The van der Waals surface area contributed by atoms with Gasteiger partial charge in [-0.05, 0) is 44.6 Å². The molecule has 1 aromatic carbocycles. The van der Waals surface area contributed by atoms with Crippen molar-refractivity contribution >= 4 is 23.2 Å². The number of halogens is 2. The zero-order valence-corrected chi connectivity index (χ0v) is 13.5. The van der Waals surface area contributed by atoms with Crippen LogP contribution in [0.15, 0.2) is 18.2 Å². The molecule has 0 aliphatic carbocycles. The summed E-state index contributed by atoms with van der Waals surface area (Å²) >= 11 is 12.0. The van der Waals surface area contributed by atoms with E-state index in [4.69, 9.17) is 27.9 Å². The van der Waals surface area contributed by atoms with Gasteiger partial charge in [0.25, 0.3) is 0 Å². The van der Waals surface area contributed by atoms with Crippen molar-refractivity contribution in [3.63, 3.8) is 0 Å². The third-order valence-electron chi connectivity index (χ3n) is 3.79. The normalized spacial score (nSPS) is 21.1. The molecule has 20 heavy (non-hydrogen) atoms. The second-order valence-corrected chi connectivity index (χ2v) is 6.27. The van der Waals surface area contributed by atoms with Gasteiger partial charge >= 0.3 is 0 Å². The number of nitrogens with zero attached hydrogens (tertiary/aromatic N) is 1. The lowest BCUT2D eigenvalue weighted by Crippen LogP contribution is -2.53. The fourth-order valence-corrected chi connectivity index (χ4v) is 2.98. The maximum atomic E-state index is 6.07. The van der Waals surface area contributed by atoms with Crippen molar-refractivity contribution in [2.75, 3.05) is 33.9 Å². The highest BCUT2D eigenvalue weighted by Crippen LogP contribution is 2.24. The Morgan fingerprint density at radius 3 is 2.75 bits per heavy atom. The summed E-state index contributed by atoms with van der Waals surface area (Å²) in [6.07, 6.45) is 2.05. The van der Waals surface area contributed by atoms with Crippen LogP contribution in [0.1, 0.15) is 12.0 Å². The molecule has 0 amide bonds. The summed E-state index contributed by atoms with van der Waals surface area (Å²) in [7, 11) is 4.24. The van der Waals surface area contributed by atoms with E-state index in [0.717, 1.165) is 32.6 Å². The van der Waals surface area contributed by atoms with Crippen LogP contribution >= 0.6 is 23.2 Å². The van der Waals surface area contributed by atoms with Crippen LogP contribution in [0, 0.1) is 0 Å². The Hall–Kier alpha value is -0.320. The lowest BCUT2D eigenvalue weighted by Gasteiger charge is -2.35. The van der Waals surface area contributed by atoms with Gasteiger partial charge in [-0.1, -0.05) is 29.3 Å². The van der Waals surface area contributed by atoms with E-state index < -0.39 is 0 Å². The standard InChI is InChI=1S/C15H22Cl2N2O/c1-19(2)15(14-10-20-8-7-18-14)6-4-11-3-5-12(16)13(17)9-11/h3,5,9,14-15,18H,4,6-8,10H2,1-2H3. The molecular formula is C15H22Cl2N2O. The first-order chi connectivity index (χ1) is 9.58. The van der Waals surface area contributed by atoms with Crippen molar-refractivity contribution in [3.05, 3.63) is 33.8 Å². The van der Waals surface area contributed by atoms with E-state index >= 15 is 0 Å². The molecule has 112 valence electrons. The molecule has 2 rings (SSSR count). The second-order valence-electron chi connectivity index (χ2n) is 5.45. The Bertz CT molecular complexity index is 434. The van der Waals surface area contributed by atoms with Gasteiger partial charge < -0.3 is 15.0 Å². The Morgan fingerprint density at radius 1 is 1.35 bits per heavy atom. The first-order valence-electron chi connectivity index (χ1n) is 6.99. The number of nitrogens with one attached hydrogen (secondary N) is 1. The average Bonchev–Trinajstić information content (AvgIpc) is 2.44. The van der Waals surface area contributed by atoms with E-state index in [0.29, 0.717) is 22.1 Å². The SMILES string of the molecule is CN(C)C(CCc1ccc(Cl)c(Cl)c1)C1COCCN1. The molecule has 2 atom stereocenters. The monoisotopic (exact) mass is 316 g/mol. The molecule has 1 N–H and O–H groups in total. The van der Waals surface area contributed by atoms with E-state index in [-0.39, 0.29) is 0 Å². The molecule has 1 aliphatic heterocycles. The molecule has 0 bridgehead atoms. The zero-order valence-electron chi connectivity index (χ0n) is 12.0. The van der Waals surface area contributed by atoms with Gasteiger partial charge in [0.05, 0.1) is 23.3 Å². The lowest BCUT2D eigenvalue weighted by atomic mass is 9.98. The molecule has 1 fully saturated rings. The Kier molecular flexibility index (Phi) is 6.12. The molecule has 0 spiro atoms. The van der Waals surface area contributed by atoms with Crippen LogP contribution in [0.4, 0.5) is 0 Å². The number of aryl methyl sites for hydroxylation is 1. The number of benzene rings is 1. The van der Waals surface area contributed by atoms with Crippen LogP contribution < -0.4 is 5.32 Å². The second kappa shape index (κ2) is 7.62. The van der Waals surface area contributed by atoms with E-state index in [2.05, 4.69) is 24.3 Å². The summed E-state index contributed by atoms with van der Waals surface area (Å²) in [6.45, 7) is 2.52. The molecule has 1 aromatic rings. The Balaban J connectivity index is 1.95. The predicted octanol–water partition coefficient (Wildman–Crippen LogP) is 2.84. The molecule has 1 saturated heterocycles. The summed E-state index contributed by atoms with van der Waals surface area (Å²) in [5.41, 5.74) is 1.22. The van der Waals surface area contributed by atoms with Crippen LogP contribution in [0.3, 0.4) is 0 Å². The maximum Gasteiger partial charge on any atom is 0.0635 e. The number of hydrogen-bond donors (Lipinski definition) is 1. The highest BCUT2D eigenvalue weighted by atomic mass is 35.5. The van der Waals surface area contributed by atoms with Crippen molar-refractivity contribution in [1.82, 2.24) is 10.2 Å². The van der Waals surface area contributed by atoms with Gasteiger partial charge in [0, 0.05) is 18.6 Å². The molecular weight excluding hydrogens is 295 g/mol. The minimum atomic E-state index is 0.390. The van der Waals surface area contributed by atoms with E-state index in [9.17, 15) is 0 Å². The molecule has 5 heteroatoms. The fourth-order valence-electron chi connectivity index (χ4n) is 2.66. The zero-order chi connectivity index (χ0) is 14.5. The molecule has 1 heterocycles. The Morgan fingerprint density at radius 2 is 2.15 bits per heavy atom. The number of rotatable bonds is 5. The van der Waals surface area contributed by atoms with Gasteiger partial charge in [-0.2, -0.15) is 0 Å². The van der Waals surface area contributed by atoms with Crippen molar-refractivity contribution in [3.8, 4) is 0 Å². The molecule has 2 unspecified atom stereocenters. The average molecular weight is 317 g/mol. The van der Waals surface area contributed by atoms with E-state index in [1.54, 1.807) is 0 Å². The van der Waals surface area contributed by atoms with Gasteiger partial charge in [0.15, 0.2) is 0 Å². The largest absolute Gasteiger partial charge is 0.378 e. The minimum absolute atomic E-state index is 0.390. The van der Waals surface area contributed by atoms with Gasteiger partial charge in [-0.25, -0.2) is 0 Å². The summed E-state index contributed by atoms with van der Waals surface area (Å²) < 4.78 is 5.57. The summed E-state index contributed by atoms with van der Waals surface area (Å²) in [5.74, 6) is 0. The first-order valence-corrected chi connectivity index (χ1v) is 7.75. The van der Waals surface area contributed by atoms with Crippen molar-refractivity contribution in [2.24, 2.45) is 0 Å². The molecule has 1 aliphatic rings. The number of likely N-dealkylation sites (N-methyl/N-ethyl adjacent to an activating group) is 1. The van der Waals surface area contributed by atoms with Gasteiger partial charge in [0.2, 0.25) is 0 Å². The topological polar surface area (TPSA) is 24.5 Å². The third-order valence-corrected chi connectivity index (χ3v) is 4.53. The summed E-state index contributed by atoms with van der Waals surface area (Å²) in [5, 5.41) is 4.79. The predicted molar refractivity (Wildman–Crippen MR) is 84.9 cm³/mol. The summed E-state index contributed by atoms with van der Waals surface area (Å²) in [4.78, 5) is 2.27. The van der Waals surface area contributed by atoms with Crippen LogP contribution in [-0.4, -0.2) is 50.8 Å². The maximum absolute atomic E-state index is 6.07. The molecule has 3 nitrogen and oxygen atoms in total. The third kappa shape index (κ3) is 4.34. The van der Waals surface area contributed by atoms with Crippen molar-refractivity contribution < 1.29 is 4.74 Å². The Labute approximate surface area is 131 Å². The first kappa shape index (κ1) is 16.1. The van der Waals surface area contributed by atoms with Crippen LogP contribution in [0.25, 0.3) is 0 Å². The van der Waals surface area contributed by atoms with Crippen LogP contribution in [0.2, 0.25) is 10.0 Å². The molecule has 0 saturated carbocycles. The number of morpholine rings is 1. The lowest BCUT2D eigenvalue weighted by molar-refractivity contribution is 0.0443. The quantitative estimate of drug-likeness (QED) is 0.904. The van der Waals surface area contributed by atoms with E-state index in [1.807, 2.05) is 18.2 Å². The smallest absolute Gasteiger partial charge is 0.0635 e. The van der Waals surface area contributed by atoms with Crippen molar-refractivity contribution in [2.45, 2.75) is 24.9 Å².